The van der Waals surface area contributed by atoms with Crippen LogP contribution in [-0.4, -0.2) is 21.3 Å². The van der Waals surface area contributed by atoms with Gasteiger partial charge in [-0.2, -0.15) is 0 Å². The minimum atomic E-state index is -0.596. The fraction of sp³-hybridized carbons (Fsp3) is 0.0952. The zero-order valence-electron chi connectivity index (χ0n) is 15.8. The number of nitrogens with zero attached hydrogens (tertiary/aromatic N) is 2. The Morgan fingerprint density at radius 1 is 1.13 bits per heavy atom. The number of carbonyl (C=O) groups is 1. The van der Waals surface area contributed by atoms with Crippen LogP contribution in [0.15, 0.2) is 74.5 Å². The second kappa shape index (κ2) is 8.51. The predicted octanol–water partition coefficient (Wildman–Crippen LogP) is 4.23. The van der Waals surface area contributed by atoms with Crippen molar-refractivity contribution in [3.63, 3.8) is 0 Å². The second-order valence-electron chi connectivity index (χ2n) is 6.40. The van der Waals surface area contributed by atoms with E-state index in [1.165, 1.54) is 15.9 Å². The number of aromatic nitrogens is 2. The van der Waals surface area contributed by atoms with Crippen LogP contribution < -0.4 is 16.6 Å². The van der Waals surface area contributed by atoms with E-state index in [0.717, 1.165) is 9.46 Å². The predicted molar refractivity (Wildman–Crippen MR) is 124 cm³/mol. The Balaban J connectivity index is 1.77. The molecule has 0 aliphatic rings. The molecule has 9 heteroatoms. The van der Waals surface area contributed by atoms with Crippen molar-refractivity contribution in [2.45, 2.75) is 11.4 Å². The van der Waals surface area contributed by atoms with E-state index in [4.69, 9.17) is 11.6 Å². The van der Waals surface area contributed by atoms with Gasteiger partial charge in [0.15, 0.2) is 0 Å². The first-order valence-electron chi connectivity index (χ1n) is 8.91. The molecule has 0 radical (unpaired) electrons. The molecule has 0 aliphatic carbocycles. The maximum absolute atomic E-state index is 13.2. The third-order valence-electron chi connectivity index (χ3n) is 4.48. The maximum atomic E-state index is 13.2. The van der Waals surface area contributed by atoms with E-state index in [1.807, 2.05) is 24.5 Å². The van der Waals surface area contributed by atoms with Crippen LogP contribution in [0.2, 0.25) is 5.02 Å². The zero-order chi connectivity index (χ0) is 21.3. The molecular weight excluding hydrogens is 442 g/mol. The number of fused-ring (bicyclic) bond motifs is 1. The van der Waals surface area contributed by atoms with Gasteiger partial charge in [0.2, 0.25) is 5.91 Å². The second-order valence-corrected chi connectivity index (χ2v) is 8.64. The lowest BCUT2D eigenvalue weighted by atomic mass is 10.3. The molecule has 0 atom stereocenters. The third kappa shape index (κ3) is 3.94. The normalized spacial score (nSPS) is 11.0. The molecule has 6 nitrogen and oxygen atoms in total. The molecule has 4 rings (SSSR count). The van der Waals surface area contributed by atoms with E-state index in [2.05, 4.69) is 5.32 Å². The fourth-order valence-corrected chi connectivity index (χ4v) is 4.60. The van der Waals surface area contributed by atoms with E-state index < -0.39 is 11.2 Å². The number of carbonyl (C=O) groups excluding carboxylic acids is 1. The Morgan fingerprint density at radius 3 is 2.70 bits per heavy atom. The highest BCUT2D eigenvalue weighted by Gasteiger charge is 2.18. The first-order chi connectivity index (χ1) is 14.5. The number of hydrogen-bond donors (Lipinski definition) is 1. The van der Waals surface area contributed by atoms with Gasteiger partial charge in [0.05, 0.1) is 11.2 Å². The fourth-order valence-electron chi connectivity index (χ4n) is 3.13. The molecule has 0 aliphatic heterocycles. The van der Waals surface area contributed by atoms with Gasteiger partial charge in [0, 0.05) is 15.6 Å². The van der Waals surface area contributed by atoms with Gasteiger partial charge in [-0.05, 0) is 54.1 Å². The SMILES string of the molecule is CSc1cccc(NC(=O)Cn2c(=O)n(-c3cccc(Cl)c3)c(=O)c3sccc32)c1. The van der Waals surface area contributed by atoms with Crippen LogP contribution in [0.5, 0.6) is 0 Å². The highest BCUT2D eigenvalue weighted by atomic mass is 35.5. The van der Waals surface area contributed by atoms with Gasteiger partial charge in [-0.1, -0.05) is 23.7 Å². The Labute approximate surface area is 184 Å². The summed E-state index contributed by atoms with van der Waals surface area (Å²) in [6.45, 7) is -0.226. The van der Waals surface area contributed by atoms with Gasteiger partial charge >= 0.3 is 5.69 Å². The molecule has 4 aromatic rings. The van der Waals surface area contributed by atoms with Crippen LogP contribution in [0.25, 0.3) is 15.9 Å². The summed E-state index contributed by atoms with van der Waals surface area (Å²) in [6, 6.07) is 15.6. The van der Waals surface area contributed by atoms with Crippen LogP contribution in [-0.2, 0) is 11.3 Å². The zero-order valence-corrected chi connectivity index (χ0v) is 18.2. The van der Waals surface area contributed by atoms with Crippen molar-refractivity contribution < 1.29 is 4.79 Å². The van der Waals surface area contributed by atoms with Crippen LogP contribution in [0, 0.1) is 0 Å². The molecule has 1 N–H and O–H groups in total. The summed E-state index contributed by atoms with van der Waals surface area (Å²) in [7, 11) is 0. The first-order valence-corrected chi connectivity index (χ1v) is 11.4. The van der Waals surface area contributed by atoms with Gasteiger partial charge in [-0.3, -0.25) is 14.2 Å². The summed E-state index contributed by atoms with van der Waals surface area (Å²) in [5.74, 6) is -0.362. The van der Waals surface area contributed by atoms with Gasteiger partial charge < -0.3 is 5.32 Å². The quantitative estimate of drug-likeness (QED) is 0.455. The number of anilines is 1. The summed E-state index contributed by atoms with van der Waals surface area (Å²) in [5.41, 5.74) is 0.401. The molecule has 2 aromatic carbocycles. The van der Waals surface area contributed by atoms with Crippen molar-refractivity contribution in [2.75, 3.05) is 11.6 Å². The van der Waals surface area contributed by atoms with Gasteiger partial charge in [0.1, 0.15) is 11.2 Å². The van der Waals surface area contributed by atoms with E-state index in [-0.39, 0.29) is 12.5 Å². The Kier molecular flexibility index (Phi) is 5.80. The first kappa shape index (κ1) is 20.5. The van der Waals surface area contributed by atoms with Crippen molar-refractivity contribution in [3.05, 3.63) is 85.8 Å². The summed E-state index contributed by atoms with van der Waals surface area (Å²) < 4.78 is 2.75. The number of thioether (sulfide) groups is 1. The number of thiophene rings is 1. The maximum Gasteiger partial charge on any atom is 0.336 e. The number of halogens is 1. The molecule has 0 saturated carbocycles. The van der Waals surface area contributed by atoms with Gasteiger partial charge in [-0.25, -0.2) is 9.36 Å². The Morgan fingerprint density at radius 2 is 1.93 bits per heavy atom. The Hall–Kier alpha value is -2.81. The lowest BCUT2D eigenvalue weighted by molar-refractivity contribution is -0.116. The molecule has 0 bridgehead atoms. The molecule has 0 saturated heterocycles. The van der Waals surface area contributed by atoms with Crippen molar-refractivity contribution in [1.29, 1.82) is 0 Å². The van der Waals surface area contributed by atoms with E-state index in [9.17, 15) is 14.4 Å². The number of hydrogen-bond acceptors (Lipinski definition) is 5. The lowest BCUT2D eigenvalue weighted by Gasteiger charge is -2.13. The Bertz CT molecular complexity index is 1370. The molecule has 1 amide bonds. The van der Waals surface area contributed by atoms with E-state index in [0.29, 0.717) is 26.6 Å². The van der Waals surface area contributed by atoms with E-state index >= 15 is 0 Å². The number of nitrogens with one attached hydrogen (secondary N) is 1. The third-order valence-corrected chi connectivity index (χ3v) is 6.33. The molecule has 0 spiro atoms. The van der Waals surface area contributed by atoms with Crippen LogP contribution in [0.3, 0.4) is 0 Å². The van der Waals surface area contributed by atoms with Gasteiger partial charge in [-0.15, -0.1) is 23.1 Å². The topological polar surface area (TPSA) is 73.1 Å². The molecule has 2 aromatic heterocycles. The van der Waals surface area contributed by atoms with Crippen molar-refractivity contribution in [1.82, 2.24) is 9.13 Å². The molecule has 0 fully saturated rings. The average molecular weight is 458 g/mol. The molecule has 152 valence electrons. The van der Waals surface area contributed by atoms with Crippen LogP contribution in [0.4, 0.5) is 5.69 Å². The smallest absolute Gasteiger partial charge is 0.324 e. The molecule has 0 unspecified atom stereocenters. The minimum absolute atomic E-state index is 0.226. The highest BCUT2D eigenvalue weighted by Crippen LogP contribution is 2.20. The summed E-state index contributed by atoms with van der Waals surface area (Å²) in [6.07, 6.45) is 1.95. The van der Waals surface area contributed by atoms with Crippen LogP contribution in [0.1, 0.15) is 0 Å². The lowest BCUT2D eigenvalue weighted by Crippen LogP contribution is -2.40. The largest absolute Gasteiger partial charge is 0.336 e. The summed E-state index contributed by atoms with van der Waals surface area (Å²) in [5, 5.41) is 4.95. The van der Waals surface area contributed by atoms with Gasteiger partial charge in [0.25, 0.3) is 5.56 Å². The summed E-state index contributed by atoms with van der Waals surface area (Å²) in [4.78, 5) is 39.9. The standard InChI is InChI=1S/C21H16ClN3O3S2/c1-29-16-7-3-5-14(11-16)23-18(26)12-24-17-8-9-30-19(17)20(27)25(21(24)28)15-6-2-4-13(22)10-15/h2-11H,12H2,1H3,(H,23,26). The molecular formula is C21H16ClN3O3S2. The van der Waals surface area contributed by atoms with Crippen molar-refractivity contribution >= 4 is 56.5 Å². The van der Waals surface area contributed by atoms with Crippen molar-refractivity contribution in [2.24, 2.45) is 0 Å². The number of benzene rings is 2. The summed E-state index contributed by atoms with van der Waals surface area (Å²) >= 11 is 8.84. The number of rotatable bonds is 5. The minimum Gasteiger partial charge on any atom is -0.324 e. The molecule has 30 heavy (non-hydrogen) atoms. The monoisotopic (exact) mass is 457 g/mol. The number of amides is 1. The average Bonchev–Trinajstić information content (AvgIpc) is 3.22. The van der Waals surface area contributed by atoms with Crippen molar-refractivity contribution in [3.8, 4) is 5.69 Å². The highest BCUT2D eigenvalue weighted by molar-refractivity contribution is 7.98. The van der Waals surface area contributed by atoms with E-state index in [1.54, 1.807) is 53.5 Å². The molecule has 2 heterocycles. The van der Waals surface area contributed by atoms with Crippen LogP contribution >= 0.6 is 34.7 Å².